The molecule has 0 aliphatic carbocycles. The van der Waals surface area contributed by atoms with Gasteiger partial charge in [-0.05, 0) is 49.4 Å². The predicted molar refractivity (Wildman–Crippen MR) is 140 cm³/mol. The molecule has 1 amide bonds. The molecule has 0 saturated carbocycles. The Bertz CT molecular complexity index is 1180. The second-order valence-corrected chi connectivity index (χ2v) is 9.85. The minimum Gasteiger partial charge on any atom is -0.381 e. The number of pyridine rings is 2. The molecule has 8 heteroatoms. The van der Waals surface area contributed by atoms with E-state index in [0.717, 1.165) is 67.7 Å². The van der Waals surface area contributed by atoms with Crippen molar-refractivity contribution in [2.24, 2.45) is 11.7 Å². The fraction of sp³-hybridized carbons (Fsp3) is 0.444. The lowest BCUT2D eigenvalue weighted by molar-refractivity contribution is 0.0819. The van der Waals surface area contributed by atoms with E-state index >= 15 is 0 Å². The Morgan fingerprint density at radius 1 is 1.11 bits per heavy atom. The van der Waals surface area contributed by atoms with Crippen molar-refractivity contribution < 1.29 is 9.53 Å². The lowest BCUT2D eigenvalue weighted by Gasteiger charge is -2.37. The number of piperidine rings is 2. The number of anilines is 3. The van der Waals surface area contributed by atoms with E-state index < -0.39 is 0 Å². The largest absolute Gasteiger partial charge is 0.381 e. The Labute approximate surface area is 206 Å². The zero-order valence-electron chi connectivity index (χ0n) is 20.5. The van der Waals surface area contributed by atoms with Crippen LogP contribution >= 0.6 is 0 Å². The van der Waals surface area contributed by atoms with E-state index in [0.29, 0.717) is 23.4 Å². The zero-order chi connectivity index (χ0) is 24.4. The normalized spacial score (nSPS) is 21.3. The average Bonchev–Trinajstić information content (AvgIpc) is 2.88. The van der Waals surface area contributed by atoms with Crippen LogP contribution in [0.2, 0.25) is 0 Å². The predicted octanol–water partition coefficient (Wildman–Crippen LogP) is 3.67. The number of carbonyl (C=O) groups excluding carboxylic acids is 1. The summed E-state index contributed by atoms with van der Waals surface area (Å²) in [6, 6.07) is 12.1. The Morgan fingerprint density at radius 2 is 1.91 bits per heavy atom. The minimum atomic E-state index is -0.248. The van der Waals surface area contributed by atoms with Gasteiger partial charge < -0.3 is 25.6 Å². The Hall–Kier alpha value is -3.23. The van der Waals surface area contributed by atoms with Crippen LogP contribution in [0.4, 0.5) is 17.1 Å². The number of hydrogen-bond donors (Lipinski definition) is 2. The first-order valence-corrected chi connectivity index (χ1v) is 12.4. The summed E-state index contributed by atoms with van der Waals surface area (Å²) in [7, 11) is 1.78. The van der Waals surface area contributed by atoms with Crippen molar-refractivity contribution in [3.8, 4) is 0 Å². The molecule has 3 aromatic rings. The van der Waals surface area contributed by atoms with Crippen LogP contribution < -0.4 is 20.9 Å². The van der Waals surface area contributed by atoms with Gasteiger partial charge >= 0.3 is 0 Å². The lowest BCUT2D eigenvalue weighted by atomic mass is 9.96. The van der Waals surface area contributed by atoms with Gasteiger partial charge in [0.15, 0.2) is 0 Å². The van der Waals surface area contributed by atoms with Crippen LogP contribution in [0.15, 0.2) is 48.8 Å². The number of nitrogens with two attached hydrogens (primary N) is 1. The van der Waals surface area contributed by atoms with Gasteiger partial charge in [-0.2, -0.15) is 0 Å². The van der Waals surface area contributed by atoms with Crippen LogP contribution in [0, 0.1) is 5.92 Å². The topological polar surface area (TPSA) is 96.6 Å². The number of hydrogen-bond acceptors (Lipinski definition) is 7. The smallest absolute Gasteiger partial charge is 0.274 e. The molecule has 184 valence electrons. The maximum atomic E-state index is 13.2. The van der Waals surface area contributed by atoms with Crippen LogP contribution in [0.1, 0.15) is 36.7 Å². The third-order valence-electron chi connectivity index (χ3n) is 7.13. The molecule has 2 fully saturated rings. The van der Waals surface area contributed by atoms with Gasteiger partial charge in [0.1, 0.15) is 5.69 Å². The van der Waals surface area contributed by atoms with Crippen molar-refractivity contribution in [2.45, 2.75) is 38.3 Å². The van der Waals surface area contributed by atoms with E-state index in [-0.39, 0.29) is 11.9 Å². The fourth-order valence-corrected chi connectivity index (χ4v) is 5.32. The second-order valence-electron chi connectivity index (χ2n) is 9.85. The maximum Gasteiger partial charge on any atom is 0.274 e. The van der Waals surface area contributed by atoms with Crippen LogP contribution in [0.25, 0.3) is 10.9 Å². The molecule has 4 heterocycles. The molecule has 0 bridgehead atoms. The summed E-state index contributed by atoms with van der Waals surface area (Å²) in [5.41, 5.74) is 10.2. The molecule has 8 nitrogen and oxygen atoms in total. The third-order valence-corrected chi connectivity index (χ3v) is 7.13. The molecule has 35 heavy (non-hydrogen) atoms. The van der Waals surface area contributed by atoms with E-state index in [2.05, 4.69) is 45.2 Å². The molecule has 2 aliphatic heterocycles. The number of ether oxygens (including phenoxy) is 1. The van der Waals surface area contributed by atoms with Crippen LogP contribution in [0.3, 0.4) is 0 Å². The number of nitrogens with zero attached hydrogens (tertiary/aromatic N) is 4. The van der Waals surface area contributed by atoms with E-state index in [1.54, 1.807) is 25.6 Å². The van der Waals surface area contributed by atoms with Gasteiger partial charge in [0.25, 0.3) is 5.91 Å². The molecule has 2 atom stereocenters. The molecule has 2 aliphatic rings. The first-order chi connectivity index (χ1) is 17.0. The highest BCUT2D eigenvalue weighted by Gasteiger charge is 2.25. The summed E-state index contributed by atoms with van der Waals surface area (Å²) in [6.07, 6.45) is 6.82. The highest BCUT2D eigenvalue weighted by Crippen LogP contribution is 2.30. The Morgan fingerprint density at radius 3 is 2.69 bits per heavy atom. The number of methoxy groups -OCH3 is 1. The summed E-state index contributed by atoms with van der Waals surface area (Å²) >= 11 is 0. The van der Waals surface area contributed by atoms with E-state index in [1.807, 2.05) is 12.1 Å². The second kappa shape index (κ2) is 10.2. The van der Waals surface area contributed by atoms with E-state index in [4.69, 9.17) is 15.5 Å². The molecule has 1 aromatic carbocycles. The zero-order valence-corrected chi connectivity index (χ0v) is 20.5. The number of fused-ring (bicyclic) bond motifs is 1. The summed E-state index contributed by atoms with van der Waals surface area (Å²) in [4.78, 5) is 26.8. The van der Waals surface area contributed by atoms with Gasteiger partial charge in [-0.1, -0.05) is 19.1 Å². The standard InChI is InChI=1S/C27H34N6O2/c1-18-13-20(28)17-33(16-18)26-7-10-29-15-25(26)31-27(34)23-6-4-19-3-5-21(14-24(19)30-23)32-11-8-22(35-2)9-12-32/h3-7,10,14-15,18,20,22H,8-9,11-13,16-17,28H2,1-2H3,(H,31,34). The van der Waals surface area contributed by atoms with Crippen molar-refractivity contribution >= 4 is 33.9 Å². The van der Waals surface area contributed by atoms with Crippen molar-refractivity contribution in [2.75, 3.05) is 48.4 Å². The first-order valence-electron chi connectivity index (χ1n) is 12.4. The number of rotatable bonds is 5. The van der Waals surface area contributed by atoms with Gasteiger partial charge in [-0.3, -0.25) is 9.78 Å². The van der Waals surface area contributed by atoms with Gasteiger partial charge in [-0.25, -0.2) is 4.98 Å². The molecule has 5 rings (SSSR count). The van der Waals surface area contributed by atoms with Crippen molar-refractivity contribution in [3.63, 3.8) is 0 Å². The Kier molecular flexibility index (Phi) is 6.83. The quantitative estimate of drug-likeness (QED) is 0.582. The average molecular weight is 475 g/mol. The van der Waals surface area contributed by atoms with Crippen LogP contribution in [-0.4, -0.2) is 61.3 Å². The monoisotopic (exact) mass is 474 g/mol. The molecule has 3 N–H and O–H groups in total. The third kappa shape index (κ3) is 5.23. The summed E-state index contributed by atoms with van der Waals surface area (Å²) < 4.78 is 5.50. The number of benzene rings is 1. The van der Waals surface area contributed by atoms with Crippen molar-refractivity contribution in [3.05, 3.63) is 54.5 Å². The van der Waals surface area contributed by atoms with Crippen molar-refractivity contribution in [1.82, 2.24) is 9.97 Å². The lowest BCUT2D eigenvalue weighted by Crippen LogP contribution is -2.46. The van der Waals surface area contributed by atoms with Gasteiger partial charge in [0.2, 0.25) is 0 Å². The summed E-state index contributed by atoms with van der Waals surface area (Å²) in [6.45, 7) is 5.77. The number of carbonyl (C=O) groups is 1. The molecule has 2 unspecified atom stereocenters. The van der Waals surface area contributed by atoms with E-state index in [9.17, 15) is 4.79 Å². The van der Waals surface area contributed by atoms with Crippen LogP contribution in [0.5, 0.6) is 0 Å². The summed E-state index contributed by atoms with van der Waals surface area (Å²) in [5.74, 6) is 0.244. The highest BCUT2D eigenvalue weighted by atomic mass is 16.5. The number of nitrogens with one attached hydrogen (secondary N) is 1. The molecular weight excluding hydrogens is 440 g/mol. The van der Waals surface area contributed by atoms with E-state index in [1.165, 1.54) is 0 Å². The SMILES string of the molecule is COC1CCN(c2ccc3ccc(C(=O)Nc4cnccc4N4CC(C)CC(N)C4)nc3c2)CC1. The number of amides is 1. The highest BCUT2D eigenvalue weighted by molar-refractivity contribution is 6.05. The molecule has 0 spiro atoms. The Balaban J connectivity index is 1.35. The van der Waals surface area contributed by atoms with Crippen molar-refractivity contribution in [1.29, 1.82) is 0 Å². The molecule has 2 saturated heterocycles. The minimum absolute atomic E-state index is 0.118. The van der Waals surface area contributed by atoms with Gasteiger partial charge in [-0.15, -0.1) is 0 Å². The first kappa shape index (κ1) is 23.5. The van der Waals surface area contributed by atoms with Gasteiger partial charge in [0, 0.05) is 56.6 Å². The van der Waals surface area contributed by atoms with Gasteiger partial charge in [0.05, 0.1) is 29.2 Å². The molecule has 2 aromatic heterocycles. The van der Waals surface area contributed by atoms with Crippen LogP contribution in [-0.2, 0) is 4.74 Å². The maximum absolute atomic E-state index is 13.2. The molecular formula is C27H34N6O2. The number of aromatic nitrogens is 2. The fourth-order valence-electron chi connectivity index (χ4n) is 5.32. The summed E-state index contributed by atoms with van der Waals surface area (Å²) in [5, 5.41) is 4.05. The molecule has 0 radical (unpaired) electrons.